The number of amides is 1. The van der Waals surface area contributed by atoms with Gasteiger partial charge in [0.2, 0.25) is 0 Å². The monoisotopic (exact) mass is 357 g/mol. The van der Waals surface area contributed by atoms with Crippen molar-refractivity contribution >= 4 is 11.9 Å². The molecule has 1 amide bonds. The summed E-state index contributed by atoms with van der Waals surface area (Å²) in [5, 5.41) is 11.8. The van der Waals surface area contributed by atoms with Crippen molar-refractivity contribution in [3.8, 4) is 11.5 Å². The number of hydrogen-bond donors (Lipinski definition) is 2. The molecular weight excluding hydrogens is 334 g/mol. The number of benzene rings is 2. The van der Waals surface area contributed by atoms with Gasteiger partial charge in [0.1, 0.15) is 0 Å². The molecule has 0 saturated carbocycles. The molecule has 0 fully saturated rings. The van der Waals surface area contributed by atoms with E-state index in [0.29, 0.717) is 23.7 Å². The molecule has 0 bridgehead atoms. The van der Waals surface area contributed by atoms with Crippen molar-refractivity contribution in [1.82, 2.24) is 5.32 Å². The molecule has 138 valence electrons. The average molecular weight is 357 g/mol. The van der Waals surface area contributed by atoms with Crippen LogP contribution in [0.4, 0.5) is 0 Å². The van der Waals surface area contributed by atoms with Gasteiger partial charge in [-0.05, 0) is 55.3 Å². The van der Waals surface area contributed by atoms with Gasteiger partial charge in [-0.1, -0.05) is 13.0 Å². The highest BCUT2D eigenvalue weighted by Gasteiger charge is 2.14. The van der Waals surface area contributed by atoms with Crippen LogP contribution in [0.1, 0.15) is 52.6 Å². The topological polar surface area (TPSA) is 84.9 Å². The fraction of sp³-hybridized carbons (Fsp3) is 0.300. The Morgan fingerprint density at radius 2 is 1.73 bits per heavy atom. The summed E-state index contributed by atoms with van der Waals surface area (Å²) >= 11 is 0. The first kappa shape index (κ1) is 19.3. The summed E-state index contributed by atoms with van der Waals surface area (Å²) in [4.78, 5) is 23.2. The predicted octanol–water partition coefficient (Wildman–Crippen LogP) is 3.67. The molecule has 0 aliphatic heterocycles. The first-order valence-electron chi connectivity index (χ1n) is 8.41. The first-order chi connectivity index (χ1) is 12.5. The van der Waals surface area contributed by atoms with Crippen LogP contribution < -0.4 is 14.8 Å². The lowest BCUT2D eigenvalue weighted by Gasteiger charge is -2.17. The lowest BCUT2D eigenvalue weighted by Crippen LogP contribution is -2.26. The zero-order valence-corrected chi connectivity index (χ0v) is 15.1. The molecule has 1 atom stereocenters. The van der Waals surface area contributed by atoms with Crippen molar-refractivity contribution in [2.45, 2.75) is 26.3 Å². The minimum absolute atomic E-state index is 0.141. The fourth-order valence-electron chi connectivity index (χ4n) is 2.41. The Hall–Kier alpha value is -3.02. The number of nitrogens with one attached hydrogen (secondary N) is 1. The van der Waals surface area contributed by atoms with Gasteiger partial charge in [0, 0.05) is 5.56 Å². The van der Waals surface area contributed by atoms with Crippen molar-refractivity contribution in [3.63, 3.8) is 0 Å². The van der Waals surface area contributed by atoms with Gasteiger partial charge in [-0.3, -0.25) is 4.79 Å². The summed E-state index contributed by atoms with van der Waals surface area (Å²) in [6.07, 6.45) is 0.901. The Morgan fingerprint density at radius 1 is 1.08 bits per heavy atom. The highest BCUT2D eigenvalue weighted by molar-refractivity contribution is 5.96. The Morgan fingerprint density at radius 3 is 2.31 bits per heavy atom. The Bertz CT molecular complexity index is 770. The van der Waals surface area contributed by atoms with Crippen LogP contribution in [0.3, 0.4) is 0 Å². The third-order valence-electron chi connectivity index (χ3n) is 3.89. The molecular formula is C20H23NO5. The van der Waals surface area contributed by atoms with Gasteiger partial charge >= 0.3 is 5.97 Å². The molecule has 0 spiro atoms. The summed E-state index contributed by atoms with van der Waals surface area (Å²) in [6.45, 7) is 4.50. The predicted molar refractivity (Wildman–Crippen MR) is 98.1 cm³/mol. The molecule has 6 heteroatoms. The Balaban J connectivity index is 2.09. The summed E-state index contributed by atoms with van der Waals surface area (Å²) < 4.78 is 11.0. The lowest BCUT2D eigenvalue weighted by atomic mass is 10.1. The van der Waals surface area contributed by atoms with Gasteiger partial charge in [-0.25, -0.2) is 4.79 Å². The van der Waals surface area contributed by atoms with Crippen LogP contribution in [0, 0.1) is 0 Å². The number of carbonyl (C=O) groups is 2. The van der Waals surface area contributed by atoms with E-state index in [1.165, 1.54) is 24.3 Å². The van der Waals surface area contributed by atoms with Crippen LogP contribution in [0.25, 0.3) is 0 Å². The van der Waals surface area contributed by atoms with E-state index in [1.54, 1.807) is 7.11 Å². The quantitative estimate of drug-likeness (QED) is 0.753. The third kappa shape index (κ3) is 4.75. The molecule has 26 heavy (non-hydrogen) atoms. The van der Waals surface area contributed by atoms with Crippen LogP contribution >= 0.6 is 0 Å². The number of carboxylic acid groups (broad SMARTS) is 1. The Kier molecular flexibility index (Phi) is 6.60. The lowest BCUT2D eigenvalue weighted by molar-refractivity contribution is 0.0696. The van der Waals surface area contributed by atoms with Gasteiger partial charge in [0.25, 0.3) is 5.91 Å². The second-order valence-electron chi connectivity index (χ2n) is 5.84. The van der Waals surface area contributed by atoms with E-state index in [-0.39, 0.29) is 17.5 Å². The first-order valence-corrected chi connectivity index (χ1v) is 8.41. The smallest absolute Gasteiger partial charge is 0.335 e. The zero-order chi connectivity index (χ0) is 19.1. The zero-order valence-electron chi connectivity index (χ0n) is 15.1. The molecule has 0 heterocycles. The second kappa shape index (κ2) is 8.89. The minimum Gasteiger partial charge on any atom is -0.493 e. The Labute approximate surface area is 152 Å². The van der Waals surface area contributed by atoms with Crippen LogP contribution in [0.2, 0.25) is 0 Å². The van der Waals surface area contributed by atoms with E-state index < -0.39 is 5.97 Å². The third-order valence-corrected chi connectivity index (χ3v) is 3.89. The number of methoxy groups -OCH3 is 1. The van der Waals surface area contributed by atoms with Crippen LogP contribution in [0.5, 0.6) is 11.5 Å². The van der Waals surface area contributed by atoms with Crippen molar-refractivity contribution in [2.75, 3.05) is 13.7 Å². The van der Waals surface area contributed by atoms with E-state index >= 15 is 0 Å². The molecule has 0 radical (unpaired) electrons. The van der Waals surface area contributed by atoms with Crippen molar-refractivity contribution < 1.29 is 24.2 Å². The molecule has 0 saturated heterocycles. The van der Waals surface area contributed by atoms with Crippen molar-refractivity contribution in [2.24, 2.45) is 0 Å². The average Bonchev–Trinajstić information content (AvgIpc) is 2.66. The van der Waals surface area contributed by atoms with E-state index in [9.17, 15) is 9.59 Å². The van der Waals surface area contributed by atoms with Gasteiger partial charge < -0.3 is 19.9 Å². The molecule has 1 unspecified atom stereocenters. The molecule has 2 N–H and O–H groups in total. The highest BCUT2D eigenvalue weighted by atomic mass is 16.5. The van der Waals surface area contributed by atoms with Crippen LogP contribution in [-0.2, 0) is 0 Å². The van der Waals surface area contributed by atoms with Crippen molar-refractivity contribution in [1.29, 1.82) is 0 Å². The van der Waals surface area contributed by atoms with Crippen molar-refractivity contribution in [3.05, 3.63) is 59.2 Å². The molecule has 0 aliphatic rings. The number of aromatic carboxylic acids is 1. The normalized spacial score (nSPS) is 11.5. The maximum Gasteiger partial charge on any atom is 0.335 e. The largest absolute Gasteiger partial charge is 0.493 e. The standard InChI is InChI=1S/C20H23NO5/c1-4-11-26-17-10-9-16(12-18(17)25-3)13(2)21-19(22)14-5-7-15(8-6-14)20(23)24/h5-10,12-13H,4,11H2,1-3H3,(H,21,22)(H,23,24). The maximum atomic E-state index is 12.4. The number of hydrogen-bond acceptors (Lipinski definition) is 4. The van der Waals surface area contributed by atoms with E-state index in [2.05, 4.69) is 5.32 Å². The van der Waals surface area contributed by atoms with Gasteiger partial charge in [-0.15, -0.1) is 0 Å². The summed E-state index contributed by atoms with van der Waals surface area (Å²) in [5.74, 6) is -0.0220. The molecule has 2 rings (SSSR count). The molecule has 2 aromatic rings. The second-order valence-corrected chi connectivity index (χ2v) is 5.84. The number of carbonyl (C=O) groups excluding carboxylic acids is 1. The number of rotatable bonds is 8. The van der Waals surface area contributed by atoms with Gasteiger partial charge in [0.05, 0.1) is 25.3 Å². The van der Waals surface area contributed by atoms with Gasteiger partial charge in [-0.2, -0.15) is 0 Å². The van der Waals surface area contributed by atoms with E-state index in [1.807, 2.05) is 32.0 Å². The van der Waals surface area contributed by atoms with Crippen LogP contribution in [-0.4, -0.2) is 30.7 Å². The highest BCUT2D eigenvalue weighted by Crippen LogP contribution is 2.30. The SMILES string of the molecule is CCCOc1ccc(C(C)NC(=O)c2ccc(C(=O)O)cc2)cc1OC. The summed E-state index contributed by atoms with van der Waals surface area (Å²) in [5.41, 5.74) is 1.42. The number of ether oxygens (including phenoxy) is 2. The number of carboxylic acids is 1. The minimum atomic E-state index is -1.03. The van der Waals surface area contributed by atoms with Crippen LogP contribution in [0.15, 0.2) is 42.5 Å². The maximum absolute atomic E-state index is 12.4. The molecule has 6 nitrogen and oxygen atoms in total. The molecule has 2 aromatic carbocycles. The van der Waals surface area contributed by atoms with E-state index in [0.717, 1.165) is 12.0 Å². The van der Waals surface area contributed by atoms with Gasteiger partial charge in [0.15, 0.2) is 11.5 Å². The molecule has 0 aliphatic carbocycles. The summed E-state index contributed by atoms with van der Waals surface area (Å²) in [7, 11) is 1.57. The summed E-state index contributed by atoms with van der Waals surface area (Å²) in [6, 6.07) is 11.1. The fourth-order valence-corrected chi connectivity index (χ4v) is 2.41. The molecule has 0 aromatic heterocycles. The van der Waals surface area contributed by atoms with E-state index in [4.69, 9.17) is 14.6 Å².